The summed E-state index contributed by atoms with van der Waals surface area (Å²) >= 11 is 2.84. The molecule has 1 aromatic heterocycles. The summed E-state index contributed by atoms with van der Waals surface area (Å²) < 4.78 is 6.38. The van der Waals surface area contributed by atoms with Gasteiger partial charge in [0, 0.05) is 5.54 Å². The molecule has 0 fully saturated rings. The van der Waals surface area contributed by atoms with Gasteiger partial charge < -0.3 is 15.4 Å². The molecule has 0 saturated heterocycles. The van der Waals surface area contributed by atoms with Crippen LogP contribution in [-0.4, -0.2) is 40.5 Å². The zero-order valence-electron chi connectivity index (χ0n) is 15.0. The van der Waals surface area contributed by atoms with Crippen molar-refractivity contribution in [2.24, 2.45) is 0 Å². The number of benzene rings is 1. The number of nitrogens with zero attached hydrogens (tertiary/aromatic N) is 2. The highest BCUT2D eigenvalue weighted by Crippen LogP contribution is 2.26. The van der Waals surface area contributed by atoms with Crippen LogP contribution in [0, 0.1) is 6.92 Å². The van der Waals surface area contributed by atoms with E-state index in [1.807, 2.05) is 31.2 Å². The summed E-state index contributed by atoms with van der Waals surface area (Å²) in [4.78, 5) is 11.9. The first-order valence-corrected chi connectivity index (χ1v) is 9.83. The third kappa shape index (κ3) is 7.74. The van der Waals surface area contributed by atoms with Crippen LogP contribution in [0.3, 0.4) is 0 Å². The van der Waals surface area contributed by atoms with E-state index < -0.39 is 0 Å². The number of amides is 1. The summed E-state index contributed by atoms with van der Waals surface area (Å²) in [7, 11) is 0. The Morgan fingerprint density at radius 1 is 1.32 bits per heavy atom. The van der Waals surface area contributed by atoms with Crippen LogP contribution in [0.1, 0.15) is 26.3 Å². The maximum Gasteiger partial charge on any atom is 0.230 e. The Morgan fingerprint density at radius 3 is 2.84 bits per heavy atom. The number of carbonyl (C=O) groups excluding carboxylic acids is 1. The van der Waals surface area contributed by atoms with E-state index >= 15 is 0 Å². The molecule has 25 heavy (non-hydrogen) atoms. The van der Waals surface area contributed by atoms with Gasteiger partial charge >= 0.3 is 0 Å². The number of hydrogen-bond acceptors (Lipinski definition) is 7. The molecule has 0 radical (unpaired) electrons. The molecular formula is C17H24N4O2S2. The van der Waals surface area contributed by atoms with E-state index in [9.17, 15) is 4.79 Å². The van der Waals surface area contributed by atoms with Gasteiger partial charge in [0.15, 0.2) is 4.34 Å². The predicted octanol–water partition coefficient (Wildman–Crippen LogP) is 3.34. The fourth-order valence-corrected chi connectivity index (χ4v) is 3.67. The van der Waals surface area contributed by atoms with Gasteiger partial charge in [0.25, 0.3) is 0 Å². The third-order valence-electron chi connectivity index (χ3n) is 2.90. The molecule has 1 amide bonds. The minimum Gasteiger partial charge on any atom is -0.492 e. The van der Waals surface area contributed by atoms with Crippen molar-refractivity contribution in [3.63, 3.8) is 0 Å². The Kier molecular flexibility index (Phi) is 7.07. The van der Waals surface area contributed by atoms with Gasteiger partial charge in [0.05, 0.1) is 12.3 Å². The maximum atomic E-state index is 11.9. The highest BCUT2D eigenvalue weighted by Gasteiger charge is 2.13. The van der Waals surface area contributed by atoms with Crippen LogP contribution >= 0.6 is 23.1 Å². The van der Waals surface area contributed by atoms with Gasteiger partial charge in [-0.15, -0.1) is 10.2 Å². The minimum absolute atomic E-state index is 0.0432. The van der Waals surface area contributed by atoms with Gasteiger partial charge in [0.2, 0.25) is 11.0 Å². The van der Waals surface area contributed by atoms with E-state index in [0.29, 0.717) is 18.9 Å². The maximum absolute atomic E-state index is 11.9. The molecule has 0 saturated carbocycles. The third-order valence-corrected chi connectivity index (χ3v) is 4.87. The molecule has 1 aromatic carbocycles. The van der Waals surface area contributed by atoms with E-state index in [2.05, 4.69) is 41.6 Å². The fraction of sp³-hybridized carbons (Fsp3) is 0.471. The average Bonchev–Trinajstić information content (AvgIpc) is 2.95. The predicted molar refractivity (Wildman–Crippen MR) is 104 cm³/mol. The van der Waals surface area contributed by atoms with Crippen molar-refractivity contribution in [1.82, 2.24) is 15.5 Å². The van der Waals surface area contributed by atoms with Gasteiger partial charge in [-0.2, -0.15) is 0 Å². The summed E-state index contributed by atoms with van der Waals surface area (Å²) in [6, 6.07) is 7.84. The Morgan fingerprint density at radius 2 is 2.12 bits per heavy atom. The lowest BCUT2D eigenvalue weighted by Crippen LogP contribution is -2.29. The fourth-order valence-electron chi connectivity index (χ4n) is 1.88. The van der Waals surface area contributed by atoms with Crippen molar-refractivity contribution in [2.45, 2.75) is 37.6 Å². The molecule has 0 atom stereocenters. The molecule has 0 unspecified atom stereocenters. The van der Waals surface area contributed by atoms with E-state index in [1.54, 1.807) is 0 Å². The second-order valence-electron chi connectivity index (χ2n) is 6.55. The summed E-state index contributed by atoms with van der Waals surface area (Å²) in [6.07, 6.45) is 0. The number of hydrogen-bond donors (Lipinski definition) is 2. The molecule has 8 heteroatoms. The van der Waals surface area contributed by atoms with Crippen LogP contribution in [0.2, 0.25) is 0 Å². The average molecular weight is 381 g/mol. The Bertz CT molecular complexity index is 698. The lowest BCUT2D eigenvalue weighted by Gasteiger charge is -2.18. The van der Waals surface area contributed by atoms with Crippen LogP contribution in [0.15, 0.2) is 28.6 Å². The topological polar surface area (TPSA) is 76.1 Å². The van der Waals surface area contributed by atoms with Crippen molar-refractivity contribution in [3.05, 3.63) is 29.8 Å². The second-order valence-corrected chi connectivity index (χ2v) is 8.75. The van der Waals surface area contributed by atoms with E-state index in [0.717, 1.165) is 20.8 Å². The highest BCUT2D eigenvalue weighted by atomic mass is 32.2. The summed E-state index contributed by atoms with van der Waals surface area (Å²) in [6.45, 7) is 9.12. The molecule has 0 aliphatic heterocycles. The Balaban J connectivity index is 1.64. The lowest BCUT2D eigenvalue weighted by atomic mass is 10.1. The molecule has 2 N–H and O–H groups in total. The Labute approximate surface area is 156 Å². The van der Waals surface area contributed by atoms with E-state index in [-0.39, 0.29) is 11.4 Å². The molecule has 0 aliphatic carbocycles. The van der Waals surface area contributed by atoms with Crippen LogP contribution in [0.25, 0.3) is 0 Å². The Hall–Kier alpha value is -1.80. The number of aryl methyl sites for hydroxylation is 1. The molecule has 0 spiro atoms. The van der Waals surface area contributed by atoms with Crippen LogP contribution in [-0.2, 0) is 4.79 Å². The first-order chi connectivity index (χ1) is 11.8. The molecule has 0 bridgehead atoms. The molecular weight excluding hydrogens is 356 g/mol. The molecule has 136 valence electrons. The highest BCUT2D eigenvalue weighted by molar-refractivity contribution is 8.01. The smallest absolute Gasteiger partial charge is 0.230 e. The first-order valence-electron chi connectivity index (χ1n) is 8.02. The molecule has 2 aromatic rings. The SMILES string of the molecule is Cc1cccc(OCCNC(=O)CSc2nnc(NC(C)(C)C)s2)c1. The lowest BCUT2D eigenvalue weighted by molar-refractivity contribution is -0.118. The number of thioether (sulfide) groups is 1. The van der Waals surface area contributed by atoms with Crippen molar-refractivity contribution in [1.29, 1.82) is 0 Å². The molecule has 2 rings (SSSR count). The quantitative estimate of drug-likeness (QED) is 0.540. The van der Waals surface area contributed by atoms with Gasteiger partial charge in [-0.3, -0.25) is 4.79 Å². The monoisotopic (exact) mass is 380 g/mol. The molecule has 0 aliphatic rings. The van der Waals surface area contributed by atoms with Crippen LogP contribution < -0.4 is 15.4 Å². The first kappa shape index (κ1) is 19.5. The zero-order chi connectivity index (χ0) is 18.3. The van der Waals surface area contributed by atoms with Crippen molar-refractivity contribution < 1.29 is 9.53 Å². The van der Waals surface area contributed by atoms with E-state index in [1.165, 1.54) is 23.1 Å². The largest absolute Gasteiger partial charge is 0.492 e. The summed E-state index contributed by atoms with van der Waals surface area (Å²) in [5, 5.41) is 15.0. The van der Waals surface area contributed by atoms with Gasteiger partial charge in [-0.25, -0.2) is 0 Å². The van der Waals surface area contributed by atoms with E-state index in [4.69, 9.17) is 4.74 Å². The standard InChI is InChI=1S/C17H24N4O2S2/c1-12-6-5-7-13(10-12)23-9-8-18-14(22)11-24-16-21-20-15(25-16)19-17(2,3)4/h5-7,10H,8-9,11H2,1-4H3,(H,18,22)(H,19,20). The minimum atomic E-state index is -0.0594. The molecule has 1 heterocycles. The summed E-state index contributed by atoms with van der Waals surface area (Å²) in [5.74, 6) is 1.09. The van der Waals surface area contributed by atoms with Gasteiger partial charge in [-0.1, -0.05) is 35.2 Å². The van der Waals surface area contributed by atoms with Crippen LogP contribution in [0.5, 0.6) is 5.75 Å². The van der Waals surface area contributed by atoms with Crippen molar-refractivity contribution in [3.8, 4) is 5.75 Å². The van der Waals surface area contributed by atoms with Crippen molar-refractivity contribution in [2.75, 3.05) is 24.2 Å². The second kappa shape index (κ2) is 9.05. The number of nitrogens with one attached hydrogen (secondary N) is 2. The van der Waals surface area contributed by atoms with Crippen LogP contribution in [0.4, 0.5) is 5.13 Å². The number of rotatable bonds is 8. The normalized spacial score (nSPS) is 11.2. The zero-order valence-corrected chi connectivity index (χ0v) is 16.6. The number of aromatic nitrogens is 2. The summed E-state index contributed by atoms with van der Waals surface area (Å²) in [5.41, 5.74) is 1.09. The van der Waals surface area contributed by atoms with Crippen molar-refractivity contribution >= 4 is 34.1 Å². The number of anilines is 1. The molecule has 6 nitrogen and oxygen atoms in total. The van der Waals surface area contributed by atoms with Gasteiger partial charge in [-0.05, 0) is 45.4 Å². The number of carbonyl (C=O) groups is 1. The van der Waals surface area contributed by atoms with Gasteiger partial charge in [0.1, 0.15) is 12.4 Å². The number of ether oxygens (including phenoxy) is 1.